The van der Waals surface area contributed by atoms with Crippen LogP contribution in [0, 0.1) is 12.7 Å². The maximum Gasteiger partial charge on any atom is 0.228 e. The average molecular weight is 354 g/mol. The Labute approximate surface area is 150 Å². The molecule has 0 aliphatic carbocycles. The van der Waals surface area contributed by atoms with Crippen LogP contribution >= 0.6 is 0 Å². The fraction of sp³-hybridized carbons (Fsp3) is 0.333. The van der Waals surface area contributed by atoms with Crippen molar-refractivity contribution in [2.75, 3.05) is 18.5 Å². The second-order valence-electron chi connectivity index (χ2n) is 6.16. The third-order valence-corrected chi connectivity index (χ3v) is 4.44. The first-order valence-corrected chi connectivity index (χ1v) is 8.54. The molecule has 1 fully saturated rings. The second kappa shape index (κ2) is 7.17. The Morgan fingerprint density at radius 2 is 2.04 bits per heavy atom. The number of ether oxygens (including phenoxy) is 1. The van der Waals surface area contributed by atoms with Crippen LogP contribution in [-0.2, 0) is 4.74 Å². The topological polar surface area (TPSA) is 77.8 Å². The van der Waals surface area contributed by atoms with Gasteiger partial charge in [-0.1, -0.05) is 0 Å². The number of anilines is 2. The Kier molecular flexibility index (Phi) is 4.57. The van der Waals surface area contributed by atoms with Crippen LogP contribution in [-0.4, -0.2) is 37.7 Å². The van der Waals surface area contributed by atoms with Crippen molar-refractivity contribution in [3.05, 3.63) is 48.6 Å². The number of hydrogen-bond acceptors (Lipinski definition) is 6. The van der Waals surface area contributed by atoms with Crippen LogP contribution in [0.25, 0.3) is 11.4 Å². The van der Waals surface area contributed by atoms with Crippen LogP contribution in [0.4, 0.5) is 16.0 Å². The lowest BCUT2D eigenvalue weighted by atomic mass is 10.1. The molecule has 8 heteroatoms. The molecule has 3 aromatic rings. The molecule has 4 heterocycles. The number of hydrogen-bond donors (Lipinski definition) is 1. The molecule has 3 aromatic heterocycles. The Balaban J connectivity index is 1.70. The van der Waals surface area contributed by atoms with Crippen LogP contribution in [0.5, 0.6) is 0 Å². The van der Waals surface area contributed by atoms with Crippen LogP contribution in [0.15, 0.2) is 36.9 Å². The maximum absolute atomic E-state index is 14.5. The fourth-order valence-corrected chi connectivity index (χ4v) is 3.21. The van der Waals surface area contributed by atoms with Gasteiger partial charge in [-0.15, -0.1) is 0 Å². The van der Waals surface area contributed by atoms with Crippen molar-refractivity contribution in [1.82, 2.24) is 24.5 Å². The highest BCUT2D eigenvalue weighted by Crippen LogP contribution is 2.30. The number of halogens is 1. The maximum atomic E-state index is 14.5. The van der Waals surface area contributed by atoms with Gasteiger partial charge >= 0.3 is 0 Å². The summed E-state index contributed by atoms with van der Waals surface area (Å²) in [5.41, 5.74) is 1.63. The minimum atomic E-state index is -0.477. The quantitative estimate of drug-likeness (QED) is 0.775. The molecule has 0 saturated carbocycles. The van der Waals surface area contributed by atoms with Crippen molar-refractivity contribution in [2.24, 2.45) is 0 Å². The monoisotopic (exact) mass is 354 g/mol. The summed E-state index contributed by atoms with van der Waals surface area (Å²) in [5.74, 6) is 0.674. The number of rotatable bonds is 4. The zero-order valence-electron chi connectivity index (χ0n) is 14.4. The standard InChI is InChI=1S/C18H19FN6O/c1-12-21-11-16(25(12)14-4-7-26-8-5-14)17-15(19)10-22-18(24-17)23-13-3-2-6-20-9-13/h2-3,6,9-11,14H,4-5,7-8H2,1H3,(H,22,23,24). The Hall–Kier alpha value is -2.87. The highest BCUT2D eigenvalue weighted by molar-refractivity contribution is 5.59. The molecule has 0 bridgehead atoms. The fourth-order valence-electron chi connectivity index (χ4n) is 3.21. The van der Waals surface area contributed by atoms with Crippen LogP contribution < -0.4 is 5.32 Å². The summed E-state index contributed by atoms with van der Waals surface area (Å²) in [5, 5.41) is 3.05. The molecule has 26 heavy (non-hydrogen) atoms. The normalized spacial score (nSPS) is 15.2. The van der Waals surface area contributed by atoms with Crippen molar-refractivity contribution < 1.29 is 9.13 Å². The first-order valence-electron chi connectivity index (χ1n) is 8.54. The van der Waals surface area contributed by atoms with E-state index in [0.717, 1.165) is 24.4 Å². The van der Waals surface area contributed by atoms with Crippen molar-refractivity contribution in [3.8, 4) is 11.4 Å². The SMILES string of the molecule is Cc1ncc(-c2nc(Nc3cccnc3)ncc2F)n1C1CCOCC1. The minimum Gasteiger partial charge on any atom is -0.381 e. The number of nitrogens with zero attached hydrogens (tertiary/aromatic N) is 5. The average Bonchev–Trinajstić information content (AvgIpc) is 3.06. The first kappa shape index (κ1) is 16.6. The summed E-state index contributed by atoms with van der Waals surface area (Å²) in [6, 6.07) is 3.87. The Bertz CT molecular complexity index is 892. The molecule has 0 aromatic carbocycles. The third-order valence-electron chi connectivity index (χ3n) is 4.44. The van der Waals surface area contributed by atoms with Gasteiger partial charge in [0.15, 0.2) is 5.82 Å². The Morgan fingerprint density at radius 1 is 1.19 bits per heavy atom. The van der Waals surface area contributed by atoms with E-state index in [9.17, 15) is 4.39 Å². The highest BCUT2D eigenvalue weighted by atomic mass is 19.1. The van der Waals surface area contributed by atoms with Crippen LogP contribution in [0.3, 0.4) is 0 Å². The molecule has 1 saturated heterocycles. The summed E-state index contributed by atoms with van der Waals surface area (Å²) in [4.78, 5) is 16.9. The van der Waals surface area contributed by atoms with E-state index < -0.39 is 5.82 Å². The van der Waals surface area contributed by atoms with Crippen molar-refractivity contribution in [3.63, 3.8) is 0 Å². The summed E-state index contributed by atoms with van der Waals surface area (Å²) < 4.78 is 22.0. The van der Waals surface area contributed by atoms with E-state index in [0.29, 0.717) is 24.9 Å². The summed E-state index contributed by atoms with van der Waals surface area (Å²) >= 11 is 0. The number of nitrogens with one attached hydrogen (secondary N) is 1. The number of imidazole rings is 1. The van der Waals surface area contributed by atoms with Gasteiger partial charge in [-0.3, -0.25) is 4.98 Å². The molecule has 0 amide bonds. The van der Waals surface area contributed by atoms with Crippen LogP contribution in [0.1, 0.15) is 24.7 Å². The van der Waals surface area contributed by atoms with E-state index in [1.54, 1.807) is 24.7 Å². The molecule has 1 N–H and O–H groups in total. The number of aromatic nitrogens is 5. The zero-order chi connectivity index (χ0) is 17.9. The van der Waals surface area contributed by atoms with Gasteiger partial charge in [0.2, 0.25) is 5.95 Å². The lowest BCUT2D eigenvalue weighted by Crippen LogP contribution is -2.21. The van der Waals surface area contributed by atoms with Gasteiger partial charge in [0.25, 0.3) is 0 Å². The lowest BCUT2D eigenvalue weighted by molar-refractivity contribution is 0.0694. The van der Waals surface area contributed by atoms with Gasteiger partial charge in [0.1, 0.15) is 11.5 Å². The minimum absolute atomic E-state index is 0.227. The van der Waals surface area contributed by atoms with Gasteiger partial charge in [-0.25, -0.2) is 19.3 Å². The molecular formula is C18H19FN6O. The van der Waals surface area contributed by atoms with Crippen molar-refractivity contribution in [1.29, 1.82) is 0 Å². The van der Waals surface area contributed by atoms with E-state index in [1.165, 1.54) is 6.20 Å². The van der Waals surface area contributed by atoms with E-state index >= 15 is 0 Å². The van der Waals surface area contributed by atoms with E-state index in [4.69, 9.17) is 4.74 Å². The molecular weight excluding hydrogens is 335 g/mol. The van der Waals surface area contributed by atoms with E-state index in [1.807, 2.05) is 13.0 Å². The molecule has 0 atom stereocenters. The van der Waals surface area contributed by atoms with Crippen LogP contribution in [0.2, 0.25) is 0 Å². The summed E-state index contributed by atoms with van der Waals surface area (Å²) in [6.45, 7) is 3.32. The van der Waals surface area contributed by atoms with Gasteiger partial charge in [0.05, 0.1) is 30.0 Å². The van der Waals surface area contributed by atoms with Crippen molar-refractivity contribution in [2.45, 2.75) is 25.8 Å². The predicted molar refractivity (Wildman–Crippen MR) is 94.6 cm³/mol. The predicted octanol–water partition coefficient (Wildman–Crippen LogP) is 3.28. The number of aryl methyl sites for hydroxylation is 1. The van der Waals surface area contributed by atoms with Gasteiger partial charge < -0.3 is 14.6 Å². The smallest absolute Gasteiger partial charge is 0.228 e. The molecule has 1 aliphatic heterocycles. The number of pyridine rings is 1. The Morgan fingerprint density at radius 3 is 2.81 bits per heavy atom. The highest BCUT2D eigenvalue weighted by Gasteiger charge is 2.23. The van der Waals surface area contributed by atoms with E-state index in [2.05, 4.69) is 29.8 Å². The van der Waals surface area contributed by atoms with Crippen molar-refractivity contribution >= 4 is 11.6 Å². The molecule has 4 rings (SSSR count). The largest absolute Gasteiger partial charge is 0.381 e. The lowest BCUT2D eigenvalue weighted by Gasteiger charge is -2.26. The first-order chi connectivity index (χ1) is 12.7. The van der Waals surface area contributed by atoms with Gasteiger partial charge in [-0.2, -0.15) is 0 Å². The molecule has 1 aliphatic rings. The molecule has 0 unspecified atom stereocenters. The van der Waals surface area contributed by atoms with Gasteiger partial charge in [-0.05, 0) is 31.9 Å². The molecule has 134 valence electrons. The van der Waals surface area contributed by atoms with E-state index in [-0.39, 0.29) is 11.7 Å². The second-order valence-corrected chi connectivity index (χ2v) is 6.16. The summed E-state index contributed by atoms with van der Waals surface area (Å²) in [7, 11) is 0. The molecule has 0 radical (unpaired) electrons. The zero-order valence-corrected chi connectivity index (χ0v) is 14.4. The third kappa shape index (κ3) is 3.28. The summed E-state index contributed by atoms with van der Waals surface area (Å²) in [6.07, 6.45) is 7.93. The molecule has 0 spiro atoms. The van der Waals surface area contributed by atoms with Gasteiger partial charge in [0, 0.05) is 25.5 Å². The molecule has 7 nitrogen and oxygen atoms in total.